The van der Waals surface area contributed by atoms with Crippen LogP contribution in [0.4, 0.5) is 5.69 Å². The van der Waals surface area contributed by atoms with Crippen LogP contribution in [0.1, 0.15) is 18.6 Å². The number of nitro benzene ring substituents is 1. The molecule has 0 radical (unpaired) electrons. The molecule has 1 aromatic heterocycles. The van der Waals surface area contributed by atoms with Crippen molar-refractivity contribution in [2.75, 3.05) is 13.1 Å². The third-order valence-corrected chi connectivity index (χ3v) is 6.06. The summed E-state index contributed by atoms with van der Waals surface area (Å²) in [5, 5.41) is 25.0. The summed E-state index contributed by atoms with van der Waals surface area (Å²) in [5.41, 5.74) is 5.81. The molecule has 0 spiro atoms. The van der Waals surface area contributed by atoms with Crippen molar-refractivity contribution in [3.8, 4) is 0 Å². The quantitative estimate of drug-likeness (QED) is 0.526. The van der Waals surface area contributed by atoms with Crippen LogP contribution in [-0.2, 0) is 10.0 Å². The lowest BCUT2D eigenvalue weighted by molar-refractivity contribution is -0.387. The number of sulfonamides is 1. The van der Waals surface area contributed by atoms with Gasteiger partial charge in [-0.2, -0.15) is 15.6 Å². The number of thiophene rings is 1. The molecule has 136 valence electrons. The molecule has 8 nitrogen and oxygen atoms in total. The molecule has 0 unspecified atom stereocenters. The van der Waals surface area contributed by atoms with E-state index >= 15 is 0 Å². The lowest BCUT2D eigenvalue weighted by Crippen LogP contribution is -2.42. The van der Waals surface area contributed by atoms with Gasteiger partial charge in [-0.25, -0.2) is 8.42 Å². The molecule has 0 saturated carbocycles. The standard InChI is InChI=1S/C15H19N3O5S2/c1-11(16)8-17(9-14(19)12-6-7-24-10-12)25(22,23)15-5-3-2-4-13(15)18(20)21/h2-7,10-11,14,19H,8-9,16H2,1H3/t11-,14-/m1/s1. The van der Waals surface area contributed by atoms with Crippen molar-refractivity contribution < 1.29 is 18.4 Å². The van der Waals surface area contributed by atoms with E-state index in [1.807, 2.05) is 0 Å². The second kappa shape index (κ2) is 8.02. The summed E-state index contributed by atoms with van der Waals surface area (Å²) in [4.78, 5) is 10.0. The Morgan fingerprint density at radius 2 is 2.00 bits per heavy atom. The van der Waals surface area contributed by atoms with Crippen LogP contribution in [0.2, 0.25) is 0 Å². The molecular formula is C15H19N3O5S2. The highest BCUT2D eigenvalue weighted by molar-refractivity contribution is 7.89. The number of aliphatic hydroxyl groups is 1. The van der Waals surface area contributed by atoms with Gasteiger partial charge >= 0.3 is 0 Å². The third-order valence-electron chi connectivity index (χ3n) is 3.48. The van der Waals surface area contributed by atoms with E-state index < -0.39 is 37.7 Å². The number of hydrogen-bond acceptors (Lipinski definition) is 7. The maximum Gasteiger partial charge on any atom is 0.289 e. The summed E-state index contributed by atoms with van der Waals surface area (Å²) >= 11 is 1.38. The second-order valence-corrected chi connectivity index (χ2v) is 8.28. The Bertz CT molecular complexity index is 821. The highest BCUT2D eigenvalue weighted by Gasteiger charge is 2.33. The van der Waals surface area contributed by atoms with Crippen LogP contribution in [0.15, 0.2) is 46.0 Å². The van der Waals surface area contributed by atoms with E-state index in [4.69, 9.17) is 5.73 Å². The van der Waals surface area contributed by atoms with E-state index in [9.17, 15) is 23.6 Å². The van der Waals surface area contributed by atoms with Crippen molar-refractivity contribution >= 4 is 27.0 Å². The van der Waals surface area contributed by atoms with E-state index in [1.54, 1.807) is 23.8 Å². The zero-order chi connectivity index (χ0) is 18.6. The topological polar surface area (TPSA) is 127 Å². The van der Waals surface area contributed by atoms with Gasteiger partial charge in [0.15, 0.2) is 4.90 Å². The average Bonchev–Trinajstić information content (AvgIpc) is 3.08. The Morgan fingerprint density at radius 1 is 1.32 bits per heavy atom. The molecule has 1 heterocycles. The largest absolute Gasteiger partial charge is 0.387 e. The number of aliphatic hydroxyl groups excluding tert-OH is 1. The summed E-state index contributed by atoms with van der Waals surface area (Å²) in [7, 11) is -4.20. The van der Waals surface area contributed by atoms with Gasteiger partial charge in [0, 0.05) is 25.2 Å². The van der Waals surface area contributed by atoms with Gasteiger partial charge in [-0.15, -0.1) is 0 Å². The molecule has 2 rings (SSSR count). The molecule has 0 saturated heterocycles. The van der Waals surface area contributed by atoms with Crippen LogP contribution in [-0.4, -0.2) is 41.9 Å². The molecule has 0 amide bonds. The van der Waals surface area contributed by atoms with Crippen LogP contribution in [0, 0.1) is 10.1 Å². The van der Waals surface area contributed by atoms with E-state index in [0.29, 0.717) is 5.56 Å². The van der Waals surface area contributed by atoms with Gasteiger partial charge in [-0.3, -0.25) is 10.1 Å². The maximum absolute atomic E-state index is 13.0. The lowest BCUT2D eigenvalue weighted by atomic mass is 10.2. The Morgan fingerprint density at radius 3 is 2.56 bits per heavy atom. The minimum Gasteiger partial charge on any atom is -0.387 e. The smallest absolute Gasteiger partial charge is 0.289 e. The number of para-hydroxylation sites is 1. The first kappa shape index (κ1) is 19.5. The molecular weight excluding hydrogens is 366 g/mol. The summed E-state index contributed by atoms with van der Waals surface area (Å²) in [6.07, 6.45) is -1.05. The van der Waals surface area contributed by atoms with E-state index in [2.05, 4.69) is 0 Å². The second-order valence-electron chi connectivity index (χ2n) is 5.60. The number of hydrogen-bond donors (Lipinski definition) is 2. The molecule has 1 aromatic carbocycles. The lowest BCUT2D eigenvalue weighted by Gasteiger charge is -2.26. The fraction of sp³-hybridized carbons (Fsp3) is 0.333. The fourth-order valence-electron chi connectivity index (χ4n) is 2.32. The summed E-state index contributed by atoms with van der Waals surface area (Å²) in [6, 6.07) is 6.31. The highest BCUT2D eigenvalue weighted by Crippen LogP contribution is 2.28. The molecule has 25 heavy (non-hydrogen) atoms. The SMILES string of the molecule is C[C@@H](N)CN(C[C@@H](O)c1ccsc1)S(=O)(=O)c1ccccc1[N+](=O)[O-]. The van der Waals surface area contributed by atoms with Crippen molar-refractivity contribution in [1.82, 2.24) is 4.31 Å². The van der Waals surface area contributed by atoms with Crippen molar-refractivity contribution in [2.45, 2.75) is 24.0 Å². The molecule has 0 bridgehead atoms. The molecule has 2 aromatic rings. The van der Waals surface area contributed by atoms with Crippen molar-refractivity contribution in [3.63, 3.8) is 0 Å². The Labute approximate surface area is 149 Å². The molecule has 0 aliphatic heterocycles. The number of rotatable bonds is 8. The van der Waals surface area contributed by atoms with Gasteiger partial charge in [0.2, 0.25) is 10.0 Å². The number of nitrogens with two attached hydrogens (primary N) is 1. The third kappa shape index (κ3) is 4.61. The Hall–Kier alpha value is -1.85. The Balaban J connectivity index is 2.41. The van der Waals surface area contributed by atoms with Gasteiger partial charge in [0.25, 0.3) is 5.69 Å². The minimum absolute atomic E-state index is 0.0738. The van der Waals surface area contributed by atoms with E-state index in [-0.39, 0.29) is 13.1 Å². The van der Waals surface area contributed by atoms with Crippen LogP contribution >= 0.6 is 11.3 Å². The first-order valence-corrected chi connectivity index (χ1v) is 9.81. The zero-order valence-corrected chi connectivity index (χ0v) is 15.1. The van der Waals surface area contributed by atoms with Crippen LogP contribution in [0.25, 0.3) is 0 Å². The highest BCUT2D eigenvalue weighted by atomic mass is 32.2. The number of nitro groups is 1. The van der Waals surface area contributed by atoms with Crippen LogP contribution < -0.4 is 5.73 Å². The van der Waals surface area contributed by atoms with Crippen molar-refractivity contribution in [2.24, 2.45) is 5.73 Å². The first-order chi connectivity index (χ1) is 11.7. The predicted molar refractivity (Wildman–Crippen MR) is 94.8 cm³/mol. The molecule has 0 aliphatic rings. The van der Waals surface area contributed by atoms with Gasteiger partial charge in [-0.1, -0.05) is 12.1 Å². The zero-order valence-electron chi connectivity index (χ0n) is 13.5. The van der Waals surface area contributed by atoms with Crippen LogP contribution in [0.5, 0.6) is 0 Å². The normalized spacial score (nSPS) is 14.4. The molecule has 0 aliphatic carbocycles. The van der Waals surface area contributed by atoms with Crippen LogP contribution in [0.3, 0.4) is 0 Å². The fourth-order valence-corrected chi connectivity index (χ4v) is 4.73. The predicted octanol–water partition coefficient (Wildman–Crippen LogP) is 1.73. The van der Waals surface area contributed by atoms with E-state index in [1.165, 1.54) is 29.5 Å². The van der Waals surface area contributed by atoms with E-state index in [0.717, 1.165) is 10.4 Å². The minimum atomic E-state index is -4.20. The van der Waals surface area contributed by atoms with Crippen molar-refractivity contribution in [3.05, 3.63) is 56.8 Å². The number of benzene rings is 1. The monoisotopic (exact) mass is 385 g/mol. The molecule has 3 N–H and O–H groups in total. The van der Waals surface area contributed by atoms with Gasteiger partial charge in [0.1, 0.15) is 0 Å². The first-order valence-electron chi connectivity index (χ1n) is 7.42. The summed E-state index contributed by atoms with van der Waals surface area (Å²) in [6.45, 7) is 1.31. The summed E-state index contributed by atoms with van der Waals surface area (Å²) < 4.78 is 26.9. The van der Waals surface area contributed by atoms with Crippen molar-refractivity contribution in [1.29, 1.82) is 0 Å². The summed E-state index contributed by atoms with van der Waals surface area (Å²) in [5.74, 6) is 0. The van der Waals surface area contributed by atoms with Gasteiger partial charge < -0.3 is 10.8 Å². The Kier molecular flexibility index (Phi) is 6.25. The molecule has 10 heteroatoms. The maximum atomic E-state index is 13.0. The molecule has 0 fully saturated rings. The number of nitrogens with zero attached hydrogens (tertiary/aromatic N) is 2. The average molecular weight is 385 g/mol. The van der Waals surface area contributed by atoms with Gasteiger partial charge in [0.05, 0.1) is 11.0 Å². The van der Waals surface area contributed by atoms with Gasteiger partial charge in [-0.05, 0) is 35.4 Å². The molecule has 2 atom stereocenters.